The van der Waals surface area contributed by atoms with Gasteiger partial charge in [-0.25, -0.2) is 0 Å². The molecule has 0 radical (unpaired) electrons. The Balaban J connectivity index is 4.28. The number of carbonyl (C=O) groups excluding carboxylic acids is 3. The van der Waals surface area contributed by atoms with Gasteiger partial charge in [-0.15, -0.1) is 0 Å². The molecule has 0 amide bonds. The Bertz CT molecular complexity index is 1070. The summed E-state index contributed by atoms with van der Waals surface area (Å²) in [5, 5.41) is 0. The van der Waals surface area contributed by atoms with Gasteiger partial charge in [0.05, 0.1) is 0 Å². The predicted octanol–water partition coefficient (Wildman–Crippen LogP) is 19.5. The van der Waals surface area contributed by atoms with E-state index in [1.807, 2.05) is 0 Å². The van der Waals surface area contributed by atoms with Crippen molar-refractivity contribution in [3.8, 4) is 0 Å². The van der Waals surface area contributed by atoms with Crippen LogP contribution in [0.1, 0.15) is 323 Å². The van der Waals surface area contributed by atoms with Gasteiger partial charge >= 0.3 is 17.9 Å². The molecule has 0 bridgehead atoms. The molecular weight excluding hydrogens is 817 g/mol. The lowest BCUT2D eigenvalue weighted by molar-refractivity contribution is -0.167. The highest BCUT2D eigenvalue weighted by molar-refractivity contribution is 5.71. The molecular formula is C60H112O6. The van der Waals surface area contributed by atoms with Gasteiger partial charge in [-0.05, 0) is 51.4 Å². The van der Waals surface area contributed by atoms with E-state index in [2.05, 4.69) is 45.1 Å². The molecule has 0 aliphatic carbocycles. The first kappa shape index (κ1) is 63.9. The Morgan fingerprint density at radius 2 is 0.545 bits per heavy atom. The first-order valence-electron chi connectivity index (χ1n) is 29.3. The second-order valence-corrected chi connectivity index (χ2v) is 19.9. The first-order chi connectivity index (χ1) is 32.5. The minimum Gasteiger partial charge on any atom is -0.462 e. The van der Waals surface area contributed by atoms with Crippen molar-refractivity contribution in [3.63, 3.8) is 0 Å². The number of hydrogen-bond acceptors (Lipinski definition) is 6. The summed E-state index contributed by atoms with van der Waals surface area (Å²) < 4.78 is 16.9. The predicted molar refractivity (Wildman–Crippen MR) is 284 cm³/mol. The van der Waals surface area contributed by atoms with Crippen molar-refractivity contribution >= 4 is 17.9 Å². The number of carbonyl (C=O) groups is 3. The molecule has 6 nitrogen and oxygen atoms in total. The number of ether oxygens (including phenoxy) is 3. The monoisotopic (exact) mass is 929 g/mol. The first-order valence-corrected chi connectivity index (χ1v) is 29.3. The molecule has 0 aliphatic heterocycles. The Hall–Kier alpha value is -2.11. The topological polar surface area (TPSA) is 78.9 Å². The summed E-state index contributed by atoms with van der Waals surface area (Å²) in [6, 6.07) is 0. The summed E-state index contributed by atoms with van der Waals surface area (Å²) >= 11 is 0. The summed E-state index contributed by atoms with van der Waals surface area (Å²) in [5.41, 5.74) is 0. The molecule has 0 N–H and O–H groups in total. The molecule has 0 heterocycles. The molecule has 388 valence electrons. The van der Waals surface area contributed by atoms with Crippen LogP contribution in [0.5, 0.6) is 0 Å². The number of hydrogen-bond donors (Lipinski definition) is 0. The van der Waals surface area contributed by atoms with E-state index in [0.29, 0.717) is 19.3 Å². The lowest BCUT2D eigenvalue weighted by Gasteiger charge is -2.18. The molecule has 6 heteroatoms. The fraction of sp³-hybridized carbons (Fsp3) is 0.883. The molecule has 0 fully saturated rings. The van der Waals surface area contributed by atoms with E-state index in [4.69, 9.17) is 14.2 Å². The zero-order valence-corrected chi connectivity index (χ0v) is 44.5. The van der Waals surface area contributed by atoms with E-state index in [0.717, 1.165) is 64.2 Å². The third kappa shape index (κ3) is 52.9. The van der Waals surface area contributed by atoms with Gasteiger partial charge in [0.1, 0.15) is 13.2 Å². The molecule has 0 spiro atoms. The molecule has 0 unspecified atom stereocenters. The molecule has 0 aromatic carbocycles. The van der Waals surface area contributed by atoms with Crippen molar-refractivity contribution < 1.29 is 28.6 Å². The molecule has 1 atom stereocenters. The number of allylic oxidation sites excluding steroid dienone is 4. The van der Waals surface area contributed by atoms with Crippen molar-refractivity contribution in [1.82, 2.24) is 0 Å². The minimum absolute atomic E-state index is 0.0667. The van der Waals surface area contributed by atoms with Crippen LogP contribution in [0, 0.1) is 0 Å². The van der Waals surface area contributed by atoms with Crippen LogP contribution in [0.2, 0.25) is 0 Å². The van der Waals surface area contributed by atoms with Gasteiger partial charge in [-0.3, -0.25) is 14.4 Å². The maximum absolute atomic E-state index is 12.8. The number of unbranched alkanes of at least 4 members (excludes halogenated alkanes) is 39. The summed E-state index contributed by atoms with van der Waals surface area (Å²) in [4.78, 5) is 38.1. The Kier molecular flexibility index (Phi) is 53.7. The van der Waals surface area contributed by atoms with E-state index < -0.39 is 6.10 Å². The van der Waals surface area contributed by atoms with Crippen molar-refractivity contribution in [2.45, 2.75) is 329 Å². The second kappa shape index (κ2) is 55.5. The summed E-state index contributed by atoms with van der Waals surface area (Å²) in [6.07, 6.45) is 64.5. The average molecular weight is 930 g/mol. The highest BCUT2D eigenvalue weighted by Crippen LogP contribution is 2.17. The van der Waals surface area contributed by atoms with Gasteiger partial charge in [0.2, 0.25) is 0 Å². The molecule has 0 aromatic heterocycles. The normalized spacial score (nSPS) is 12.1. The highest BCUT2D eigenvalue weighted by Gasteiger charge is 2.19. The fourth-order valence-corrected chi connectivity index (χ4v) is 8.77. The van der Waals surface area contributed by atoms with E-state index in [1.165, 1.54) is 218 Å². The second-order valence-electron chi connectivity index (χ2n) is 19.9. The Labute approximate surface area is 411 Å². The van der Waals surface area contributed by atoms with Crippen LogP contribution in [0.4, 0.5) is 0 Å². The maximum atomic E-state index is 12.8. The lowest BCUT2D eigenvalue weighted by Crippen LogP contribution is -2.30. The molecule has 0 rings (SSSR count). The SMILES string of the molecule is CCCCC/C=C\C/C=C\CCCCCCCCCCCC(=O)OC[C@H](COC(=O)CCCCCCCCCCCCCCCCCCC)OC(=O)CCCCCCCCCCCCCC. The largest absolute Gasteiger partial charge is 0.462 e. The van der Waals surface area contributed by atoms with Crippen molar-refractivity contribution in [3.05, 3.63) is 24.3 Å². The van der Waals surface area contributed by atoms with Crippen LogP contribution >= 0.6 is 0 Å². The molecule has 0 saturated heterocycles. The standard InChI is InChI=1S/C60H112O6/c1-4-7-10-13-16-19-22-25-27-29-30-32-34-36-39-41-44-47-50-53-59(62)65-56-57(66-60(63)54-51-48-45-42-37-24-21-18-15-12-9-6-3)55-64-58(61)52-49-46-43-40-38-35-33-31-28-26-23-20-17-14-11-8-5-2/h16,19,25,27,57H,4-15,17-18,20-24,26,28-56H2,1-3H3/b19-16-,27-25-/t57-/m0/s1. The van der Waals surface area contributed by atoms with Crippen LogP contribution in [0.25, 0.3) is 0 Å². The zero-order valence-electron chi connectivity index (χ0n) is 44.5. The molecule has 0 aromatic rings. The number of esters is 3. The fourth-order valence-electron chi connectivity index (χ4n) is 8.77. The smallest absolute Gasteiger partial charge is 0.306 e. The zero-order chi connectivity index (χ0) is 47.9. The third-order valence-corrected chi connectivity index (χ3v) is 13.2. The van der Waals surface area contributed by atoms with Gasteiger partial charge in [-0.1, -0.05) is 276 Å². The third-order valence-electron chi connectivity index (χ3n) is 13.2. The van der Waals surface area contributed by atoms with Crippen LogP contribution in [-0.2, 0) is 28.6 Å². The molecule has 0 saturated carbocycles. The lowest BCUT2D eigenvalue weighted by atomic mass is 10.0. The van der Waals surface area contributed by atoms with Crippen molar-refractivity contribution in [2.24, 2.45) is 0 Å². The van der Waals surface area contributed by atoms with E-state index in [-0.39, 0.29) is 31.1 Å². The Morgan fingerprint density at radius 3 is 0.864 bits per heavy atom. The summed E-state index contributed by atoms with van der Waals surface area (Å²) in [7, 11) is 0. The quantitative estimate of drug-likeness (QED) is 0.0262. The van der Waals surface area contributed by atoms with Gasteiger partial charge in [-0.2, -0.15) is 0 Å². The van der Waals surface area contributed by atoms with Gasteiger partial charge in [0, 0.05) is 19.3 Å². The number of rotatable bonds is 54. The molecule has 66 heavy (non-hydrogen) atoms. The highest BCUT2D eigenvalue weighted by atomic mass is 16.6. The van der Waals surface area contributed by atoms with E-state index in [1.54, 1.807) is 0 Å². The van der Waals surface area contributed by atoms with Crippen molar-refractivity contribution in [1.29, 1.82) is 0 Å². The van der Waals surface area contributed by atoms with Crippen molar-refractivity contribution in [2.75, 3.05) is 13.2 Å². The van der Waals surface area contributed by atoms with Crippen LogP contribution in [0.15, 0.2) is 24.3 Å². The Morgan fingerprint density at radius 1 is 0.303 bits per heavy atom. The van der Waals surface area contributed by atoms with E-state index in [9.17, 15) is 14.4 Å². The summed E-state index contributed by atoms with van der Waals surface area (Å²) in [5.74, 6) is -0.849. The maximum Gasteiger partial charge on any atom is 0.306 e. The molecule has 0 aliphatic rings. The minimum atomic E-state index is -0.767. The van der Waals surface area contributed by atoms with Crippen LogP contribution in [0.3, 0.4) is 0 Å². The van der Waals surface area contributed by atoms with Gasteiger partial charge in [0.25, 0.3) is 0 Å². The summed E-state index contributed by atoms with van der Waals surface area (Å²) in [6.45, 7) is 6.66. The van der Waals surface area contributed by atoms with Crippen LogP contribution in [-0.4, -0.2) is 37.2 Å². The van der Waals surface area contributed by atoms with Gasteiger partial charge < -0.3 is 14.2 Å². The van der Waals surface area contributed by atoms with Gasteiger partial charge in [0.15, 0.2) is 6.10 Å². The van der Waals surface area contributed by atoms with Crippen LogP contribution < -0.4 is 0 Å². The average Bonchev–Trinajstić information content (AvgIpc) is 3.31. The van der Waals surface area contributed by atoms with E-state index >= 15 is 0 Å².